The van der Waals surface area contributed by atoms with E-state index < -0.39 is 5.97 Å². The van der Waals surface area contributed by atoms with Crippen LogP contribution >= 0.6 is 15.9 Å². The van der Waals surface area contributed by atoms with Crippen LogP contribution in [0.3, 0.4) is 0 Å². The first-order valence-corrected chi connectivity index (χ1v) is 15.6. The molecule has 0 radical (unpaired) electrons. The number of esters is 1. The van der Waals surface area contributed by atoms with E-state index in [0.29, 0.717) is 24.2 Å². The molecule has 0 unspecified atom stereocenters. The Morgan fingerprint density at radius 3 is 2.35 bits per heavy atom. The number of fused-ring (bicyclic) bond motifs is 1. The predicted molar refractivity (Wildman–Crippen MR) is 175 cm³/mol. The van der Waals surface area contributed by atoms with Crippen molar-refractivity contribution in [3.63, 3.8) is 0 Å². The number of pyridine rings is 1. The van der Waals surface area contributed by atoms with Gasteiger partial charge in [0.05, 0.1) is 20.3 Å². The van der Waals surface area contributed by atoms with Crippen LogP contribution in [0.15, 0.2) is 106 Å². The lowest BCUT2D eigenvalue weighted by atomic mass is 9.93. The SMILES string of the molecule is COC(=O)c1c(-c2ccccc2)c2cc(Br)ccc2c(=O)n1CC1CCN(CC2=CC(c3ccccc3)=CCCO2)CC1. The van der Waals surface area contributed by atoms with Gasteiger partial charge in [-0.25, -0.2) is 4.79 Å². The second kappa shape index (κ2) is 13.1. The van der Waals surface area contributed by atoms with Gasteiger partial charge in [-0.3, -0.25) is 9.69 Å². The van der Waals surface area contributed by atoms with Crippen LogP contribution in [0.1, 0.15) is 35.3 Å². The van der Waals surface area contributed by atoms with E-state index in [1.165, 1.54) is 18.2 Å². The standard InChI is InChI=1S/C36H35BrN2O4/c1-42-36(41)34-33(27-11-6-3-7-12-27)32-22-29(37)14-15-31(32)35(40)39(34)23-25-16-18-38(19-17-25)24-30-21-28(13-8-20-43-30)26-9-4-2-5-10-26/h2-7,9-15,21-22,25H,8,16-20,23-24H2,1H3. The number of likely N-dealkylation sites (tertiary alicyclic amines) is 1. The number of hydrogen-bond acceptors (Lipinski definition) is 5. The summed E-state index contributed by atoms with van der Waals surface area (Å²) in [5.74, 6) is 0.733. The molecule has 1 fully saturated rings. The van der Waals surface area contributed by atoms with Crippen LogP contribution in [0.4, 0.5) is 0 Å². The number of carbonyl (C=O) groups excluding carboxylic acids is 1. The lowest BCUT2D eigenvalue weighted by molar-refractivity contribution is 0.0584. The van der Waals surface area contributed by atoms with E-state index in [4.69, 9.17) is 9.47 Å². The van der Waals surface area contributed by atoms with Crippen molar-refractivity contribution in [2.45, 2.75) is 25.8 Å². The zero-order valence-corrected chi connectivity index (χ0v) is 25.9. The van der Waals surface area contributed by atoms with Crippen molar-refractivity contribution in [3.05, 3.63) is 123 Å². The molecule has 3 heterocycles. The molecule has 220 valence electrons. The summed E-state index contributed by atoms with van der Waals surface area (Å²) in [4.78, 5) is 29.7. The highest BCUT2D eigenvalue weighted by molar-refractivity contribution is 9.10. The molecule has 0 spiro atoms. The minimum absolute atomic E-state index is 0.165. The second-order valence-electron chi connectivity index (χ2n) is 11.2. The monoisotopic (exact) mass is 638 g/mol. The van der Waals surface area contributed by atoms with Gasteiger partial charge in [-0.2, -0.15) is 0 Å². The average molecular weight is 640 g/mol. The maximum Gasteiger partial charge on any atom is 0.355 e. The number of allylic oxidation sites excluding steroid dienone is 2. The molecule has 1 aromatic heterocycles. The van der Waals surface area contributed by atoms with Crippen LogP contribution < -0.4 is 5.56 Å². The molecular formula is C36H35BrN2O4. The number of methoxy groups -OCH3 is 1. The molecule has 6 nitrogen and oxygen atoms in total. The maximum atomic E-state index is 13.9. The molecule has 2 aliphatic heterocycles. The van der Waals surface area contributed by atoms with Crippen molar-refractivity contribution in [2.75, 3.05) is 33.4 Å². The Bertz CT molecular complexity index is 1740. The van der Waals surface area contributed by atoms with E-state index >= 15 is 0 Å². The molecule has 0 atom stereocenters. The summed E-state index contributed by atoms with van der Waals surface area (Å²) in [7, 11) is 1.37. The number of carbonyl (C=O) groups is 1. The van der Waals surface area contributed by atoms with E-state index in [1.54, 1.807) is 4.57 Å². The summed E-state index contributed by atoms with van der Waals surface area (Å²) in [5, 5.41) is 1.32. The van der Waals surface area contributed by atoms with Crippen LogP contribution in [0.2, 0.25) is 0 Å². The number of piperidine rings is 1. The number of halogens is 1. The Morgan fingerprint density at radius 1 is 0.953 bits per heavy atom. The van der Waals surface area contributed by atoms with E-state index in [-0.39, 0.29) is 11.5 Å². The summed E-state index contributed by atoms with van der Waals surface area (Å²) >= 11 is 3.56. The fourth-order valence-electron chi connectivity index (χ4n) is 6.21. The van der Waals surface area contributed by atoms with Crippen LogP contribution in [-0.4, -0.2) is 48.8 Å². The van der Waals surface area contributed by atoms with Crippen molar-refractivity contribution in [3.8, 4) is 11.1 Å². The number of aromatic nitrogens is 1. The second-order valence-corrected chi connectivity index (χ2v) is 12.1. The first-order valence-electron chi connectivity index (χ1n) is 14.8. The average Bonchev–Trinajstić information content (AvgIpc) is 3.29. The molecule has 43 heavy (non-hydrogen) atoms. The number of ether oxygens (including phenoxy) is 2. The van der Waals surface area contributed by atoms with Gasteiger partial charge in [0.25, 0.3) is 5.56 Å². The largest absolute Gasteiger partial charge is 0.496 e. The Balaban J connectivity index is 1.25. The Morgan fingerprint density at radius 2 is 1.65 bits per heavy atom. The zero-order chi connectivity index (χ0) is 29.8. The highest BCUT2D eigenvalue weighted by Gasteiger charge is 2.28. The minimum Gasteiger partial charge on any atom is -0.496 e. The topological polar surface area (TPSA) is 60.8 Å². The molecule has 7 heteroatoms. The quantitative estimate of drug-likeness (QED) is 0.199. The maximum absolute atomic E-state index is 13.9. The van der Waals surface area contributed by atoms with Gasteiger partial charge >= 0.3 is 5.97 Å². The lowest BCUT2D eigenvalue weighted by Gasteiger charge is -2.33. The smallest absolute Gasteiger partial charge is 0.355 e. The lowest BCUT2D eigenvalue weighted by Crippen LogP contribution is -2.38. The fraction of sp³-hybridized carbons (Fsp3) is 0.278. The third-order valence-corrected chi connectivity index (χ3v) is 8.89. The van der Waals surface area contributed by atoms with Gasteiger partial charge < -0.3 is 14.0 Å². The summed E-state index contributed by atoms with van der Waals surface area (Å²) in [5.41, 5.74) is 4.14. The zero-order valence-electron chi connectivity index (χ0n) is 24.3. The van der Waals surface area contributed by atoms with Gasteiger partial charge in [0.2, 0.25) is 0 Å². The number of hydrogen-bond donors (Lipinski definition) is 0. The molecule has 2 aliphatic rings. The van der Waals surface area contributed by atoms with Crippen LogP contribution in [0.5, 0.6) is 0 Å². The van der Waals surface area contributed by atoms with E-state index in [9.17, 15) is 9.59 Å². The Hall–Kier alpha value is -3.94. The highest BCUT2D eigenvalue weighted by Crippen LogP contribution is 2.34. The van der Waals surface area contributed by atoms with E-state index in [0.717, 1.165) is 65.6 Å². The van der Waals surface area contributed by atoms with Crippen molar-refractivity contribution >= 4 is 38.2 Å². The molecular weight excluding hydrogens is 604 g/mol. The Kier molecular flexibility index (Phi) is 8.91. The van der Waals surface area contributed by atoms with Gasteiger partial charge in [-0.15, -0.1) is 0 Å². The molecule has 4 aromatic rings. The molecule has 0 aliphatic carbocycles. The summed E-state index contributed by atoms with van der Waals surface area (Å²) in [6.07, 6.45) is 7.14. The summed E-state index contributed by atoms with van der Waals surface area (Å²) < 4.78 is 13.9. The molecule has 1 saturated heterocycles. The third kappa shape index (κ3) is 6.38. The molecule has 0 N–H and O–H groups in total. The van der Waals surface area contributed by atoms with Crippen LogP contribution in [-0.2, 0) is 16.0 Å². The fourth-order valence-corrected chi connectivity index (χ4v) is 6.57. The van der Waals surface area contributed by atoms with E-state index in [1.807, 2.05) is 54.6 Å². The van der Waals surface area contributed by atoms with Crippen LogP contribution in [0, 0.1) is 5.92 Å². The third-order valence-electron chi connectivity index (χ3n) is 8.39. The van der Waals surface area contributed by atoms with Crippen molar-refractivity contribution in [2.24, 2.45) is 5.92 Å². The summed E-state index contributed by atoms with van der Waals surface area (Å²) in [6, 6.07) is 25.8. The normalized spacial score (nSPS) is 16.2. The van der Waals surface area contributed by atoms with Gasteiger partial charge in [0.15, 0.2) is 0 Å². The first kappa shape index (κ1) is 29.1. The number of nitrogens with zero attached hydrogens (tertiary/aromatic N) is 2. The van der Waals surface area contributed by atoms with Crippen LogP contribution in [0.25, 0.3) is 27.5 Å². The minimum atomic E-state index is -0.505. The Labute approximate surface area is 260 Å². The van der Waals surface area contributed by atoms with Gasteiger partial charge in [-0.1, -0.05) is 82.7 Å². The highest BCUT2D eigenvalue weighted by atomic mass is 79.9. The molecule has 0 saturated carbocycles. The van der Waals surface area contributed by atoms with Crippen molar-refractivity contribution in [1.82, 2.24) is 9.47 Å². The first-order chi connectivity index (χ1) is 21.0. The van der Waals surface area contributed by atoms with Gasteiger partial charge in [0, 0.05) is 28.4 Å². The summed E-state index contributed by atoms with van der Waals surface area (Å²) in [6.45, 7) is 3.69. The van der Waals surface area contributed by atoms with Crippen molar-refractivity contribution < 1.29 is 14.3 Å². The van der Waals surface area contributed by atoms with Gasteiger partial charge in [0.1, 0.15) is 11.5 Å². The molecule has 0 bridgehead atoms. The molecule has 6 rings (SSSR count). The number of rotatable bonds is 7. The number of benzene rings is 3. The molecule has 0 amide bonds. The van der Waals surface area contributed by atoms with Crippen molar-refractivity contribution in [1.29, 1.82) is 0 Å². The van der Waals surface area contributed by atoms with E-state index in [2.05, 4.69) is 57.2 Å². The van der Waals surface area contributed by atoms with Gasteiger partial charge in [-0.05, 0) is 78.2 Å². The predicted octanol–water partition coefficient (Wildman–Crippen LogP) is 7.32. The molecule has 3 aromatic carbocycles.